The fourth-order valence-corrected chi connectivity index (χ4v) is 4.26. The van der Waals surface area contributed by atoms with Gasteiger partial charge < -0.3 is 15.2 Å². The second kappa shape index (κ2) is 7.87. The van der Waals surface area contributed by atoms with Crippen LogP contribution in [0, 0.1) is 0 Å². The summed E-state index contributed by atoms with van der Waals surface area (Å²) < 4.78 is 32.3. The first kappa shape index (κ1) is 19.0. The van der Waals surface area contributed by atoms with E-state index < -0.39 is 21.9 Å². The maximum absolute atomic E-state index is 12.9. The van der Waals surface area contributed by atoms with Crippen LogP contribution in [0.5, 0.6) is 0 Å². The Morgan fingerprint density at radius 2 is 1.67 bits per heavy atom. The minimum Gasteiger partial charge on any atom is -0.478 e. The highest BCUT2D eigenvalue weighted by Crippen LogP contribution is 2.25. The van der Waals surface area contributed by atoms with Crippen molar-refractivity contribution >= 4 is 27.6 Å². The molecule has 0 unspecified atom stereocenters. The first-order valence-corrected chi connectivity index (χ1v) is 9.65. The number of nitrogens with one attached hydrogen (secondary N) is 1. The first-order valence-electron chi connectivity index (χ1n) is 8.21. The standard InChI is InChI=1S/C18H18N2O6S/c21-17(13-4-3-5-14(12-13)18(22)23)19-15-6-1-2-7-16(15)27(24,25)20-8-10-26-11-9-20/h1-7,12H,8-11H2,(H,19,21)(H,22,23). The number of amides is 1. The van der Waals surface area contributed by atoms with Gasteiger partial charge >= 0.3 is 5.97 Å². The number of hydrogen-bond donors (Lipinski definition) is 2. The second-order valence-electron chi connectivity index (χ2n) is 5.85. The van der Waals surface area contributed by atoms with Gasteiger partial charge in [0.1, 0.15) is 4.90 Å². The molecule has 0 aromatic heterocycles. The average Bonchev–Trinajstić information content (AvgIpc) is 2.69. The molecule has 3 rings (SSSR count). The minimum atomic E-state index is -3.80. The third kappa shape index (κ3) is 4.16. The van der Waals surface area contributed by atoms with E-state index in [-0.39, 0.29) is 34.8 Å². The monoisotopic (exact) mass is 390 g/mol. The van der Waals surface area contributed by atoms with Crippen molar-refractivity contribution in [1.29, 1.82) is 0 Å². The molecule has 0 aliphatic carbocycles. The van der Waals surface area contributed by atoms with Gasteiger partial charge in [-0.05, 0) is 30.3 Å². The lowest BCUT2D eigenvalue weighted by atomic mass is 10.1. The smallest absolute Gasteiger partial charge is 0.335 e. The van der Waals surface area contributed by atoms with E-state index in [2.05, 4.69) is 5.32 Å². The van der Waals surface area contributed by atoms with E-state index in [0.29, 0.717) is 13.2 Å². The van der Waals surface area contributed by atoms with Crippen molar-refractivity contribution in [2.45, 2.75) is 4.90 Å². The molecule has 2 aromatic carbocycles. The summed E-state index contributed by atoms with van der Waals surface area (Å²) >= 11 is 0. The summed E-state index contributed by atoms with van der Waals surface area (Å²) in [6.45, 7) is 1.11. The zero-order valence-electron chi connectivity index (χ0n) is 14.3. The maximum atomic E-state index is 12.9. The minimum absolute atomic E-state index is 0.0189. The summed E-state index contributed by atoms with van der Waals surface area (Å²) in [6.07, 6.45) is 0. The van der Waals surface area contributed by atoms with Crippen LogP contribution in [-0.4, -0.2) is 56.0 Å². The van der Waals surface area contributed by atoms with Gasteiger partial charge in [0.15, 0.2) is 0 Å². The van der Waals surface area contributed by atoms with E-state index >= 15 is 0 Å². The number of hydrogen-bond acceptors (Lipinski definition) is 5. The van der Waals surface area contributed by atoms with Gasteiger partial charge in [-0.25, -0.2) is 13.2 Å². The second-order valence-corrected chi connectivity index (χ2v) is 7.76. The summed E-state index contributed by atoms with van der Waals surface area (Å²) in [6, 6.07) is 11.6. The van der Waals surface area contributed by atoms with Crippen molar-refractivity contribution in [3.8, 4) is 0 Å². The lowest BCUT2D eigenvalue weighted by Crippen LogP contribution is -2.40. The number of para-hydroxylation sites is 1. The lowest BCUT2D eigenvalue weighted by Gasteiger charge is -2.26. The third-order valence-electron chi connectivity index (χ3n) is 4.09. The number of carboxylic acid groups (broad SMARTS) is 1. The van der Waals surface area contributed by atoms with Crippen LogP contribution >= 0.6 is 0 Å². The van der Waals surface area contributed by atoms with Crippen LogP contribution in [-0.2, 0) is 14.8 Å². The molecule has 0 atom stereocenters. The van der Waals surface area contributed by atoms with Crippen molar-refractivity contribution in [3.05, 3.63) is 59.7 Å². The number of morpholine rings is 1. The van der Waals surface area contributed by atoms with Crippen molar-refractivity contribution in [2.24, 2.45) is 0 Å². The predicted octanol–water partition coefficient (Wildman–Crippen LogP) is 1.66. The molecule has 27 heavy (non-hydrogen) atoms. The van der Waals surface area contributed by atoms with Crippen LogP contribution in [0.1, 0.15) is 20.7 Å². The molecule has 1 aliphatic rings. The molecule has 0 spiro atoms. The Hall–Kier alpha value is -2.75. The quantitative estimate of drug-likeness (QED) is 0.803. The molecule has 1 amide bonds. The van der Waals surface area contributed by atoms with Crippen LogP contribution < -0.4 is 5.32 Å². The van der Waals surface area contributed by atoms with Gasteiger partial charge in [-0.3, -0.25) is 4.79 Å². The first-order chi connectivity index (χ1) is 12.9. The number of carbonyl (C=O) groups is 2. The molecule has 0 saturated carbocycles. The van der Waals surface area contributed by atoms with E-state index in [1.165, 1.54) is 40.7 Å². The van der Waals surface area contributed by atoms with Gasteiger partial charge in [-0.1, -0.05) is 18.2 Å². The number of anilines is 1. The van der Waals surface area contributed by atoms with Crippen LogP contribution in [0.3, 0.4) is 0 Å². The number of carbonyl (C=O) groups excluding carboxylic acids is 1. The molecule has 9 heteroatoms. The van der Waals surface area contributed by atoms with Gasteiger partial charge in [-0.2, -0.15) is 4.31 Å². The van der Waals surface area contributed by atoms with Gasteiger partial charge in [0.25, 0.3) is 5.91 Å². The van der Waals surface area contributed by atoms with Gasteiger partial charge in [0.2, 0.25) is 10.0 Å². The zero-order chi connectivity index (χ0) is 19.4. The van der Waals surface area contributed by atoms with Crippen LogP contribution in [0.15, 0.2) is 53.4 Å². The van der Waals surface area contributed by atoms with E-state index in [4.69, 9.17) is 9.84 Å². The van der Waals surface area contributed by atoms with E-state index in [1.54, 1.807) is 12.1 Å². The van der Waals surface area contributed by atoms with Crippen LogP contribution in [0.25, 0.3) is 0 Å². The molecule has 1 aliphatic heterocycles. The molecule has 1 heterocycles. The van der Waals surface area contributed by atoms with Crippen molar-refractivity contribution in [3.63, 3.8) is 0 Å². The van der Waals surface area contributed by atoms with Crippen molar-refractivity contribution < 1.29 is 27.9 Å². The van der Waals surface area contributed by atoms with E-state index in [1.807, 2.05) is 0 Å². The number of ether oxygens (including phenoxy) is 1. The third-order valence-corrected chi connectivity index (χ3v) is 6.05. The summed E-state index contributed by atoms with van der Waals surface area (Å²) in [5.74, 6) is -1.75. The van der Waals surface area contributed by atoms with Crippen molar-refractivity contribution in [2.75, 3.05) is 31.6 Å². The molecule has 2 aromatic rings. The average molecular weight is 390 g/mol. The van der Waals surface area contributed by atoms with Gasteiger partial charge in [-0.15, -0.1) is 0 Å². The molecule has 0 radical (unpaired) electrons. The Morgan fingerprint density at radius 1 is 1.00 bits per heavy atom. The molecule has 1 fully saturated rings. The maximum Gasteiger partial charge on any atom is 0.335 e. The Labute approximate surface area is 156 Å². The van der Waals surface area contributed by atoms with Crippen LogP contribution in [0.4, 0.5) is 5.69 Å². The molecule has 1 saturated heterocycles. The normalized spacial score (nSPS) is 15.3. The highest BCUT2D eigenvalue weighted by molar-refractivity contribution is 7.89. The van der Waals surface area contributed by atoms with Gasteiger partial charge in [0.05, 0.1) is 24.5 Å². The number of rotatable bonds is 5. The summed E-state index contributed by atoms with van der Waals surface area (Å²) in [7, 11) is -3.80. The molecule has 2 N–H and O–H groups in total. The highest BCUT2D eigenvalue weighted by atomic mass is 32.2. The van der Waals surface area contributed by atoms with E-state index in [9.17, 15) is 18.0 Å². The number of nitrogens with zero attached hydrogens (tertiary/aromatic N) is 1. The largest absolute Gasteiger partial charge is 0.478 e. The molecule has 0 bridgehead atoms. The number of sulfonamides is 1. The van der Waals surface area contributed by atoms with Crippen molar-refractivity contribution in [1.82, 2.24) is 4.31 Å². The summed E-state index contributed by atoms with van der Waals surface area (Å²) in [5.41, 5.74) is 0.222. The molecule has 142 valence electrons. The van der Waals surface area contributed by atoms with Crippen LogP contribution in [0.2, 0.25) is 0 Å². The number of aromatic carboxylic acids is 1. The highest BCUT2D eigenvalue weighted by Gasteiger charge is 2.29. The Morgan fingerprint density at radius 3 is 2.37 bits per heavy atom. The fourth-order valence-electron chi connectivity index (χ4n) is 2.71. The Balaban J connectivity index is 1.89. The zero-order valence-corrected chi connectivity index (χ0v) is 15.1. The number of carboxylic acids is 1. The van der Waals surface area contributed by atoms with Gasteiger partial charge in [0, 0.05) is 18.7 Å². The van der Waals surface area contributed by atoms with E-state index in [0.717, 1.165) is 0 Å². The summed E-state index contributed by atoms with van der Waals surface area (Å²) in [5, 5.41) is 11.6. The Kier molecular flexibility index (Phi) is 5.54. The topological polar surface area (TPSA) is 113 Å². The molecule has 8 nitrogen and oxygen atoms in total. The SMILES string of the molecule is O=C(O)c1cccc(C(=O)Nc2ccccc2S(=O)(=O)N2CCOCC2)c1. The number of benzene rings is 2. The molecular formula is C18H18N2O6S. The molecular weight excluding hydrogens is 372 g/mol. The summed E-state index contributed by atoms with van der Waals surface area (Å²) in [4.78, 5) is 23.6. The fraction of sp³-hybridized carbons (Fsp3) is 0.222. The Bertz CT molecular complexity index is 967. The lowest BCUT2D eigenvalue weighted by molar-refractivity contribution is 0.0697. The predicted molar refractivity (Wildman–Crippen MR) is 97.4 cm³/mol.